The van der Waals surface area contributed by atoms with E-state index in [2.05, 4.69) is 0 Å². The van der Waals surface area contributed by atoms with Gasteiger partial charge in [-0.25, -0.2) is 12.8 Å². The molecule has 0 bridgehead atoms. The summed E-state index contributed by atoms with van der Waals surface area (Å²) in [6, 6.07) is 8.23. The van der Waals surface area contributed by atoms with E-state index in [1.807, 2.05) is 0 Å². The standard InChI is InChI=1S/C23H24ClFN2O5S/c24-20-15-17(16-21-23(20)32-14-2-13-31-21)3-8-22(28)26-9-1-10-27(12-11-26)33(29,30)19-6-4-18(25)5-7-19/h3-8,15-16H,1-2,9-14H2. The molecule has 0 radical (unpaired) electrons. The highest BCUT2D eigenvalue weighted by Gasteiger charge is 2.28. The predicted molar refractivity (Wildman–Crippen MR) is 122 cm³/mol. The predicted octanol–water partition coefficient (Wildman–Crippen LogP) is 3.58. The van der Waals surface area contributed by atoms with Crippen LogP contribution in [0, 0.1) is 5.82 Å². The molecule has 2 aromatic rings. The monoisotopic (exact) mass is 494 g/mol. The fourth-order valence-electron chi connectivity index (χ4n) is 3.73. The molecule has 0 saturated carbocycles. The third-order valence-electron chi connectivity index (χ3n) is 5.46. The fraction of sp³-hybridized carbons (Fsp3) is 0.348. The second kappa shape index (κ2) is 10.1. The Kier molecular flexibility index (Phi) is 7.21. The van der Waals surface area contributed by atoms with Crippen molar-refractivity contribution in [3.8, 4) is 11.5 Å². The number of hydrogen-bond donors (Lipinski definition) is 0. The molecule has 2 aliphatic rings. The minimum atomic E-state index is -3.75. The van der Waals surface area contributed by atoms with Crippen molar-refractivity contribution < 1.29 is 27.1 Å². The number of hydrogen-bond acceptors (Lipinski definition) is 5. The van der Waals surface area contributed by atoms with Gasteiger partial charge in [0.1, 0.15) is 5.82 Å². The van der Waals surface area contributed by atoms with Crippen LogP contribution in [0.5, 0.6) is 11.5 Å². The average Bonchev–Trinajstić information content (AvgIpc) is 3.19. The maximum atomic E-state index is 13.2. The van der Waals surface area contributed by atoms with Crippen molar-refractivity contribution in [1.29, 1.82) is 0 Å². The minimum Gasteiger partial charge on any atom is -0.489 e. The summed E-state index contributed by atoms with van der Waals surface area (Å²) >= 11 is 6.31. The van der Waals surface area contributed by atoms with Gasteiger partial charge in [0, 0.05) is 38.7 Å². The maximum Gasteiger partial charge on any atom is 0.246 e. The zero-order valence-electron chi connectivity index (χ0n) is 17.9. The first-order valence-electron chi connectivity index (χ1n) is 10.7. The van der Waals surface area contributed by atoms with Crippen LogP contribution in [0.4, 0.5) is 4.39 Å². The lowest BCUT2D eigenvalue weighted by atomic mass is 10.2. The van der Waals surface area contributed by atoms with Gasteiger partial charge in [-0.15, -0.1) is 0 Å². The lowest BCUT2D eigenvalue weighted by Gasteiger charge is -2.21. The van der Waals surface area contributed by atoms with Gasteiger partial charge in [-0.1, -0.05) is 11.6 Å². The van der Waals surface area contributed by atoms with Crippen molar-refractivity contribution in [1.82, 2.24) is 9.21 Å². The highest BCUT2D eigenvalue weighted by atomic mass is 35.5. The Morgan fingerprint density at radius 1 is 1.00 bits per heavy atom. The summed E-state index contributed by atoms with van der Waals surface area (Å²) < 4.78 is 51.5. The van der Waals surface area contributed by atoms with E-state index in [4.69, 9.17) is 21.1 Å². The molecule has 33 heavy (non-hydrogen) atoms. The van der Waals surface area contributed by atoms with E-state index in [0.717, 1.165) is 18.6 Å². The van der Waals surface area contributed by atoms with Crippen molar-refractivity contribution in [2.24, 2.45) is 0 Å². The quantitative estimate of drug-likeness (QED) is 0.607. The van der Waals surface area contributed by atoms with Gasteiger partial charge in [-0.05, 0) is 54.5 Å². The van der Waals surface area contributed by atoms with E-state index in [0.29, 0.717) is 48.3 Å². The largest absolute Gasteiger partial charge is 0.489 e. The molecule has 10 heteroatoms. The van der Waals surface area contributed by atoms with Crippen LogP contribution in [0.15, 0.2) is 47.4 Å². The molecule has 0 spiro atoms. The van der Waals surface area contributed by atoms with Gasteiger partial charge in [0.25, 0.3) is 0 Å². The number of ether oxygens (including phenoxy) is 2. The molecule has 7 nitrogen and oxygen atoms in total. The van der Waals surface area contributed by atoms with Gasteiger partial charge >= 0.3 is 0 Å². The number of nitrogens with zero attached hydrogens (tertiary/aromatic N) is 2. The Labute approximate surface area is 197 Å². The number of sulfonamides is 1. The molecule has 4 rings (SSSR count). The van der Waals surface area contributed by atoms with E-state index in [1.165, 1.54) is 22.5 Å². The van der Waals surface area contributed by atoms with Crippen LogP contribution in [0.1, 0.15) is 18.4 Å². The van der Waals surface area contributed by atoms with E-state index >= 15 is 0 Å². The van der Waals surface area contributed by atoms with Gasteiger partial charge in [0.2, 0.25) is 15.9 Å². The SMILES string of the molecule is O=C(C=Cc1cc(Cl)c2c(c1)OCCCO2)N1CCCN(S(=O)(=O)c2ccc(F)cc2)CC1. The van der Waals surface area contributed by atoms with Gasteiger partial charge in [-0.3, -0.25) is 4.79 Å². The molecule has 176 valence electrons. The van der Waals surface area contributed by atoms with Crippen molar-refractivity contribution in [2.45, 2.75) is 17.7 Å². The molecular weight excluding hydrogens is 471 g/mol. The first-order chi connectivity index (χ1) is 15.8. The molecule has 2 heterocycles. The second-order valence-electron chi connectivity index (χ2n) is 7.75. The van der Waals surface area contributed by atoms with E-state index < -0.39 is 15.8 Å². The molecule has 0 N–H and O–H groups in total. The highest BCUT2D eigenvalue weighted by molar-refractivity contribution is 7.89. The zero-order chi connectivity index (χ0) is 23.4. The molecule has 0 unspecified atom stereocenters. The van der Waals surface area contributed by atoms with Crippen LogP contribution in [-0.2, 0) is 14.8 Å². The minimum absolute atomic E-state index is 0.0369. The van der Waals surface area contributed by atoms with Crippen LogP contribution in [0.2, 0.25) is 5.02 Å². The van der Waals surface area contributed by atoms with Crippen LogP contribution in [0.25, 0.3) is 6.08 Å². The van der Waals surface area contributed by atoms with Crippen LogP contribution in [0.3, 0.4) is 0 Å². The smallest absolute Gasteiger partial charge is 0.246 e. The second-order valence-corrected chi connectivity index (χ2v) is 10.1. The number of carbonyl (C=O) groups excluding carboxylic acids is 1. The first-order valence-corrected chi connectivity index (χ1v) is 12.5. The fourth-order valence-corrected chi connectivity index (χ4v) is 5.47. The number of benzene rings is 2. The molecule has 0 atom stereocenters. The van der Waals surface area contributed by atoms with Gasteiger partial charge < -0.3 is 14.4 Å². The van der Waals surface area contributed by atoms with E-state index in [9.17, 15) is 17.6 Å². The number of amides is 1. The molecule has 2 aliphatic heterocycles. The molecule has 1 amide bonds. The molecule has 1 fully saturated rings. The van der Waals surface area contributed by atoms with E-state index in [-0.39, 0.29) is 30.4 Å². The molecule has 2 aromatic carbocycles. The summed E-state index contributed by atoms with van der Waals surface area (Å²) in [6.45, 7) is 2.19. The molecule has 0 aliphatic carbocycles. The van der Waals surface area contributed by atoms with Gasteiger partial charge in [-0.2, -0.15) is 4.31 Å². The third kappa shape index (κ3) is 5.48. The maximum absolute atomic E-state index is 13.2. The highest BCUT2D eigenvalue weighted by Crippen LogP contribution is 2.38. The van der Waals surface area contributed by atoms with Crippen molar-refractivity contribution in [3.63, 3.8) is 0 Å². The van der Waals surface area contributed by atoms with Crippen molar-refractivity contribution in [3.05, 3.63) is 58.9 Å². The Bertz CT molecular complexity index is 1150. The van der Waals surface area contributed by atoms with Crippen LogP contribution in [-0.4, -0.2) is 62.9 Å². The zero-order valence-corrected chi connectivity index (χ0v) is 19.4. The molecule has 0 aromatic heterocycles. The molecule has 1 saturated heterocycles. The Morgan fingerprint density at radius 2 is 1.76 bits per heavy atom. The third-order valence-corrected chi connectivity index (χ3v) is 7.65. The average molecular weight is 495 g/mol. The summed E-state index contributed by atoms with van der Waals surface area (Å²) in [5.74, 6) is 0.332. The first kappa shape index (κ1) is 23.5. The topological polar surface area (TPSA) is 76.2 Å². The number of halogens is 2. The summed E-state index contributed by atoms with van der Waals surface area (Å²) in [4.78, 5) is 14.4. The molecular formula is C23H24ClFN2O5S. The summed E-state index contributed by atoms with van der Waals surface area (Å²) in [5, 5.41) is 0.415. The van der Waals surface area contributed by atoms with Crippen molar-refractivity contribution in [2.75, 3.05) is 39.4 Å². The Morgan fingerprint density at radius 3 is 2.55 bits per heavy atom. The number of carbonyl (C=O) groups is 1. The summed E-state index contributed by atoms with van der Waals surface area (Å²) in [5.41, 5.74) is 0.702. The lowest BCUT2D eigenvalue weighted by molar-refractivity contribution is -0.125. The van der Waals surface area contributed by atoms with Gasteiger partial charge in [0.15, 0.2) is 11.5 Å². The Balaban J connectivity index is 1.42. The van der Waals surface area contributed by atoms with Gasteiger partial charge in [0.05, 0.1) is 23.1 Å². The summed E-state index contributed by atoms with van der Waals surface area (Å²) in [6.07, 6.45) is 4.35. The number of rotatable bonds is 4. The summed E-state index contributed by atoms with van der Waals surface area (Å²) in [7, 11) is -3.75. The Hall–Kier alpha value is -2.62. The number of fused-ring (bicyclic) bond motifs is 1. The van der Waals surface area contributed by atoms with Crippen LogP contribution < -0.4 is 9.47 Å². The normalized spacial score (nSPS) is 17.6. The lowest BCUT2D eigenvalue weighted by Crippen LogP contribution is -2.36. The van der Waals surface area contributed by atoms with Crippen molar-refractivity contribution >= 4 is 33.6 Å². The van der Waals surface area contributed by atoms with Crippen LogP contribution >= 0.6 is 11.6 Å². The van der Waals surface area contributed by atoms with E-state index in [1.54, 1.807) is 23.1 Å².